The van der Waals surface area contributed by atoms with Gasteiger partial charge >= 0.3 is 0 Å². The predicted molar refractivity (Wildman–Crippen MR) is 72.1 cm³/mol. The number of anilines is 1. The van der Waals surface area contributed by atoms with Gasteiger partial charge in [-0.05, 0) is 25.1 Å². The van der Waals surface area contributed by atoms with Gasteiger partial charge in [0.2, 0.25) is 0 Å². The van der Waals surface area contributed by atoms with E-state index in [1.807, 2.05) is 6.92 Å². The Hall–Kier alpha value is -1.69. The minimum atomic E-state index is -0.447. The van der Waals surface area contributed by atoms with Gasteiger partial charge in [0, 0.05) is 17.2 Å². The molecule has 1 heterocycles. The average molecular weight is 281 g/mol. The van der Waals surface area contributed by atoms with Gasteiger partial charge < -0.3 is 5.32 Å². The summed E-state index contributed by atoms with van der Waals surface area (Å²) in [6, 6.07) is 3.41. The predicted octanol–water partition coefficient (Wildman–Crippen LogP) is 3.48. The summed E-state index contributed by atoms with van der Waals surface area (Å²) < 4.78 is 26.4. The SMILES string of the molecule is CCNc1cnc(CSc2cc(F)ccc2F)cn1. The number of rotatable bonds is 5. The van der Waals surface area contributed by atoms with Crippen LogP contribution in [-0.2, 0) is 5.75 Å². The van der Waals surface area contributed by atoms with E-state index in [1.165, 1.54) is 17.8 Å². The smallest absolute Gasteiger partial charge is 0.144 e. The Kier molecular flexibility index (Phi) is 4.68. The lowest BCUT2D eigenvalue weighted by molar-refractivity contribution is 0.577. The van der Waals surface area contributed by atoms with Gasteiger partial charge in [0.05, 0.1) is 18.1 Å². The van der Waals surface area contributed by atoms with Gasteiger partial charge in [0.15, 0.2) is 0 Å². The zero-order chi connectivity index (χ0) is 13.7. The van der Waals surface area contributed by atoms with Crippen molar-refractivity contribution < 1.29 is 8.78 Å². The highest BCUT2D eigenvalue weighted by molar-refractivity contribution is 7.98. The van der Waals surface area contributed by atoms with Crippen LogP contribution in [0.25, 0.3) is 0 Å². The van der Waals surface area contributed by atoms with E-state index < -0.39 is 11.6 Å². The average Bonchev–Trinajstić information content (AvgIpc) is 2.42. The highest BCUT2D eigenvalue weighted by Crippen LogP contribution is 2.25. The van der Waals surface area contributed by atoms with Crippen molar-refractivity contribution in [3.63, 3.8) is 0 Å². The molecule has 0 amide bonds. The molecule has 19 heavy (non-hydrogen) atoms. The van der Waals surface area contributed by atoms with Crippen LogP contribution in [0.4, 0.5) is 14.6 Å². The van der Waals surface area contributed by atoms with Crippen LogP contribution in [0, 0.1) is 11.6 Å². The molecule has 0 atom stereocenters. The molecule has 0 saturated carbocycles. The Labute approximate surface area is 114 Å². The lowest BCUT2D eigenvalue weighted by Crippen LogP contribution is -2.00. The Morgan fingerprint density at radius 1 is 1.21 bits per heavy atom. The molecule has 100 valence electrons. The first-order valence-electron chi connectivity index (χ1n) is 5.81. The molecule has 1 aromatic carbocycles. The molecule has 0 unspecified atom stereocenters. The van der Waals surface area contributed by atoms with E-state index >= 15 is 0 Å². The third kappa shape index (κ3) is 3.89. The van der Waals surface area contributed by atoms with Gasteiger partial charge in [0.25, 0.3) is 0 Å². The second-order valence-electron chi connectivity index (χ2n) is 3.79. The second kappa shape index (κ2) is 6.47. The minimum Gasteiger partial charge on any atom is -0.369 e. The van der Waals surface area contributed by atoms with Gasteiger partial charge in [-0.25, -0.2) is 13.8 Å². The summed E-state index contributed by atoms with van der Waals surface area (Å²) in [6.07, 6.45) is 3.25. The van der Waals surface area contributed by atoms with Crippen molar-refractivity contribution >= 4 is 17.6 Å². The fourth-order valence-corrected chi connectivity index (χ4v) is 2.30. The number of nitrogens with one attached hydrogen (secondary N) is 1. The molecule has 2 rings (SSSR count). The van der Waals surface area contributed by atoms with Crippen LogP contribution in [0.1, 0.15) is 12.6 Å². The van der Waals surface area contributed by atoms with Crippen LogP contribution in [-0.4, -0.2) is 16.5 Å². The Morgan fingerprint density at radius 3 is 2.74 bits per heavy atom. The van der Waals surface area contributed by atoms with Crippen molar-refractivity contribution in [2.75, 3.05) is 11.9 Å². The van der Waals surface area contributed by atoms with Crippen LogP contribution in [0.5, 0.6) is 0 Å². The first-order valence-corrected chi connectivity index (χ1v) is 6.80. The molecule has 0 fully saturated rings. The van der Waals surface area contributed by atoms with E-state index in [4.69, 9.17) is 0 Å². The van der Waals surface area contributed by atoms with E-state index in [1.54, 1.807) is 12.4 Å². The summed E-state index contributed by atoms with van der Waals surface area (Å²) >= 11 is 1.20. The molecule has 0 spiro atoms. The standard InChI is InChI=1S/C13H13F2N3S/c1-2-16-13-7-17-10(6-18-13)8-19-12-5-9(14)3-4-11(12)15/h3-7H,2,8H2,1H3,(H,16,18). The monoisotopic (exact) mass is 281 g/mol. The van der Waals surface area contributed by atoms with Crippen LogP contribution in [0.15, 0.2) is 35.5 Å². The summed E-state index contributed by atoms with van der Waals surface area (Å²) in [5.74, 6) is 0.272. The molecule has 1 N–H and O–H groups in total. The van der Waals surface area contributed by atoms with Crippen molar-refractivity contribution in [2.24, 2.45) is 0 Å². The van der Waals surface area contributed by atoms with Gasteiger partial charge in [0.1, 0.15) is 17.5 Å². The van der Waals surface area contributed by atoms with Crippen LogP contribution >= 0.6 is 11.8 Å². The van der Waals surface area contributed by atoms with Crippen LogP contribution in [0.3, 0.4) is 0 Å². The normalized spacial score (nSPS) is 10.5. The number of nitrogens with zero attached hydrogens (tertiary/aromatic N) is 2. The largest absolute Gasteiger partial charge is 0.369 e. The topological polar surface area (TPSA) is 37.8 Å². The van der Waals surface area contributed by atoms with Crippen molar-refractivity contribution in [3.8, 4) is 0 Å². The molecular weight excluding hydrogens is 268 g/mol. The van der Waals surface area contributed by atoms with E-state index in [9.17, 15) is 8.78 Å². The number of benzene rings is 1. The van der Waals surface area contributed by atoms with Crippen molar-refractivity contribution in [1.82, 2.24) is 9.97 Å². The number of aromatic nitrogens is 2. The zero-order valence-electron chi connectivity index (χ0n) is 10.4. The highest BCUT2D eigenvalue weighted by Gasteiger charge is 2.06. The van der Waals surface area contributed by atoms with Gasteiger partial charge in [-0.3, -0.25) is 4.98 Å². The third-order valence-corrected chi connectivity index (χ3v) is 3.40. The quantitative estimate of drug-likeness (QED) is 0.851. The van der Waals surface area contributed by atoms with E-state index in [0.29, 0.717) is 11.6 Å². The summed E-state index contributed by atoms with van der Waals surface area (Å²) in [5.41, 5.74) is 0.718. The zero-order valence-corrected chi connectivity index (χ0v) is 11.2. The summed E-state index contributed by atoms with van der Waals surface area (Å²) in [7, 11) is 0. The number of thioether (sulfide) groups is 1. The number of hydrogen-bond donors (Lipinski definition) is 1. The molecule has 1 aromatic heterocycles. The molecule has 0 saturated heterocycles. The second-order valence-corrected chi connectivity index (χ2v) is 4.80. The summed E-state index contributed by atoms with van der Waals surface area (Å²) in [5, 5.41) is 3.04. The fraction of sp³-hybridized carbons (Fsp3) is 0.231. The fourth-order valence-electron chi connectivity index (χ4n) is 1.44. The molecule has 0 bridgehead atoms. The maximum atomic E-state index is 13.4. The first-order chi connectivity index (χ1) is 9.19. The Morgan fingerprint density at radius 2 is 2.05 bits per heavy atom. The molecule has 0 aliphatic heterocycles. The van der Waals surface area contributed by atoms with Crippen molar-refractivity contribution in [3.05, 3.63) is 47.9 Å². The maximum Gasteiger partial charge on any atom is 0.144 e. The van der Waals surface area contributed by atoms with Gasteiger partial charge in [-0.2, -0.15) is 0 Å². The Bertz CT molecular complexity index is 546. The molecule has 0 aliphatic carbocycles. The Balaban J connectivity index is 2.00. The summed E-state index contributed by atoms with van der Waals surface area (Å²) in [4.78, 5) is 8.64. The van der Waals surface area contributed by atoms with Gasteiger partial charge in [-0.15, -0.1) is 11.8 Å². The highest BCUT2D eigenvalue weighted by atomic mass is 32.2. The first kappa shape index (κ1) is 13.7. The van der Waals surface area contributed by atoms with E-state index in [-0.39, 0.29) is 4.90 Å². The number of hydrogen-bond acceptors (Lipinski definition) is 4. The number of halogens is 2. The third-order valence-electron chi connectivity index (χ3n) is 2.33. The van der Waals surface area contributed by atoms with Crippen LogP contribution in [0.2, 0.25) is 0 Å². The summed E-state index contributed by atoms with van der Waals surface area (Å²) in [6.45, 7) is 2.75. The minimum absolute atomic E-state index is 0.276. The maximum absolute atomic E-state index is 13.4. The molecule has 0 aliphatic rings. The van der Waals surface area contributed by atoms with Gasteiger partial charge in [-0.1, -0.05) is 0 Å². The van der Waals surface area contributed by atoms with Crippen molar-refractivity contribution in [1.29, 1.82) is 0 Å². The van der Waals surface area contributed by atoms with E-state index in [0.717, 1.165) is 24.4 Å². The lowest BCUT2D eigenvalue weighted by Gasteiger charge is -2.04. The van der Waals surface area contributed by atoms with Crippen molar-refractivity contribution in [2.45, 2.75) is 17.6 Å². The lowest BCUT2D eigenvalue weighted by atomic mass is 10.3. The van der Waals surface area contributed by atoms with E-state index in [2.05, 4.69) is 15.3 Å². The molecule has 6 heteroatoms. The molecule has 0 radical (unpaired) electrons. The molecular formula is C13H13F2N3S. The molecule has 3 nitrogen and oxygen atoms in total. The van der Waals surface area contributed by atoms with Crippen LogP contribution < -0.4 is 5.32 Å². The molecule has 2 aromatic rings.